The lowest BCUT2D eigenvalue weighted by Gasteiger charge is -2.25. The fraction of sp³-hybridized carbons (Fsp3) is 0.889. The molecule has 320 valence electrons. The van der Waals surface area contributed by atoms with Crippen LogP contribution in [0, 0.1) is 0 Å². The summed E-state index contributed by atoms with van der Waals surface area (Å²) < 4.78 is 23.5. The van der Waals surface area contributed by atoms with Gasteiger partial charge in [0.2, 0.25) is 5.91 Å². The summed E-state index contributed by atoms with van der Waals surface area (Å²) in [6, 6.07) is -0.848. The Balaban J connectivity index is 4.29. The van der Waals surface area contributed by atoms with Crippen molar-refractivity contribution in [3.63, 3.8) is 0 Å². The number of likely N-dealkylation sites (N-methyl/N-ethyl adjacent to an activating group) is 1. The first-order valence-electron chi connectivity index (χ1n) is 22.7. The van der Waals surface area contributed by atoms with Crippen LogP contribution in [-0.4, -0.2) is 73.4 Å². The van der Waals surface area contributed by atoms with Gasteiger partial charge in [0.05, 0.1) is 39.9 Å². The minimum absolute atomic E-state index is 0.0603. The number of unbranched alkanes of at least 4 members (excludes halogenated alkanes) is 26. The summed E-state index contributed by atoms with van der Waals surface area (Å²) in [6.45, 7) is 4.76. The van der Waals surface area contributed by atoms with Gasteiger partial charge in [-0.2, -0.15) is 0 Å². The van der Waals surface area contributed by atoms with Crippen molar-refractivity contribution >= 4 is 13.7 Å². The highest BCUT2D eigenvalue weighted by Crippen LogP contribution is 2.43. The number of phosphoric acid groups is 1. The van der Waals surface area contributed by atoms with Crippen molar-refractivity contribution in [1.29, 1.82) is 0 Å². The molecule has 3 unspecified atom stereocenters. The molecule has 0 aliphatic rings. The van der Waals surface area contributed by atoms with Gasteiger partial charge in [-0.25, -0.2) is 4.57 Å². The number of carbonyl (C=O) groups excluding carboxylic acids is 1. The van der Waals surface area contributed by atoms with E-state index in [1.54, 1.807) is 6.08 Å². The number of phosphoric ester groups is 1. The van der Waals surface area contributed by atoms with Crippen LogP contribution in [-0.2, 0) is 18.4 Å². The monoisotopic (exact) mass is 786 g/mol. The fourth-order valence-corrected chi connectivity index (χ4v) is 7.23. The lowest BCUT2D eigenvalue weighted by molar-refractivity contribution is -0.870. The van der Waals surface area contributed by atoms with Gasteiger partial charge in [-0.15, -0.1) is 0 Å². The van der Waals surface area contributed by atoms with Crippen LogP contribution < -0.4 is 5.32 Å². The molecule has 3 N–H and O–H groups in total. The highest BCUT2D eigenvalue weighted by Gasteiger charge is 2.27. The molecule has 54 heavy (non-hydrogen) atoms. The van der Waals surface area contributed by atoms with E-state index in [9.17, 15) is 19.4 Å². The second-order valence-electron chi connectivity index (χ2n) is 16.8. The van der Waals surface area contributed by atoms with E-state index in [2.05, 4.69) is 31.3 Å². The van der Waals surface area contributed by atoms with Gasteiger partial charge in [0, 0.05) is 6.42 Å². The molecule has 0 saturated carbocycles. The topological polar surface area (TPSA) is 105 Å². The van der Waals surface area contributed by atoms with Gasteiger partial charge < -0.3 is 19.8 Å². The Labute approximate surface area is 334 Å². The Morgan fingerprint density at radius 3 is 1.48 bits per heavy atom. The Hall–Kier alpha value is -1.02. The summed E-state index contributed by atoms with van der Waals surface area (Å²) in [7, 11) is 1.57. The number of amides is 1. The zero-order valence-corrected chi connectivity index (χ0v) is 37.1. The van der Waals surface area contributed by atoms with E-state index in [4.69, 9.17) is 9.05 Å². The third kappa shape index (κ3) is 39.2. The number of nitrogens with one attached hydrogen (secondary N) is 1. The third-order valence-electron chi connectivity index (χ3n) is 10.2. The molecule has 0 saturated heterocycles. The first-order chi connectivity index (χ1) is 26.0. The second kappa shape index (κ2) is 37.6. The first-order valence-corrected chi connectivity index (χ1v) is 24.2. The van der Waals surface area contributed by atoms with Gasteiger partial charge in [-0.3, -0.25) is 13.8 Å². The Bertz CT molecular complexity index is 938. The number of quaternary nitrogens is 1. The van der Waals surface area contributed by atoms with Crippen LogP contribution >= 0.6 is 7.82 Å². The van der Waals surface area contributed by atoms with E-state index in [-0.39, 0.29) is 19.1 Å². The summed E-state index contributed by atoms with van der Waals surface area (Å²) in [4.78, 5) is 23.0. The highest BCUT2D eigenvalue weighted by molar-refractivity contribution is 7.47. The van der Waals surface area contributed by atoms with Gasteiger partial charge in [-0.1, -0.05) is 186 Å². The normalized spacial score (nSPS) is 14.6. The molecular formula is C45H90N2O6P+. The lowest BCUT2D eigenvalue weighted by atomic mass is 10.0. The zero-order chi connectivity index (χ0) is 40.0. The molecular weight excluding hydrogens is 695 g/mol. The number of hydrogen-bond acceptors (Lipinski definition) is 5. The molecule has 0 aromatic heterocycles. The summed E-state index contributed by atoms with van der Waals surface area (Å²) in [5.41, 5.74) is 0. The molecule has 0 aliphatic heterocycles. The van der Waals surface area contributed by atoms with Gasteiger partial charge in [-0.05, 0) is 38.5 Å². The molecule has 9 heteroatoms. The van der Waals surface area contributed by atoms with Crippen molar-refractivity contribution in [3.8, 4) is 0 Å². The molecule has 8 nitrogen and oxygen atoms in total. The van der Waals surface area contributed by atoms with E-state index in [0.29, 0.717) is 17.4 Å². The second-order valence-corrected chi connectivity index (χ2v) is 18.2. The van der Waals surface area contributed by atoms with Crippen LogP contribution in [0.3, 0.4) is 0 Å². The number of hydrogen-bond donors (Lipinski definition) is 3. The van der Waals surface area contributed by atoms with Gasteiger partial charge >= 0.3 is 7.82 Å². The van der Waals surface area contributed by atoms with E-state index < -0.39 is 20.0 Å². The smallest absolute Gasteiger partial charge is 0.387 e. The van der Waals surface area contributed by atoms with Crippen molar-refractivity contribution in [3.05, 3.63) is 24.3 Å². The number of aliphatic hydroxyl groups is 1. The predicted octanol–water partition coefficient (Wildman–Crippen LogP) is 12.5. The van der Waals surface area contributed by atoms with Crippen LogP contribution in [0.2, 0.25) is 0 Å². The molecule has 1 amide bonds. The molecule has 0 bridgehead atoms. The summed E-state index contributed by atoms with van der Waals surface area (Å²) in [5.74, 6) is -0.191. The minimum Gasteiger partial charge on any atom is -0.387 e. The zero-order valence-electron chi connectivity index (χ0n) is 36.2. The molecule has 0 spiro atoms. The van der Waals surface area contributed by atoms with E-state index in [1.807, 2.05) is 27.2 Å². The standard InChI is InChI=1S/C45H89N2O6P/c1-6-8-10-12-14-16-18-19-20-21-22-23-24-25-26-27-28-29-30-32-34-36-38-44(48)43(42-53-54(50,51)52-41-40-47(3,4)5)46-45(49)39-37-35-33-31-17-15-13-11-9-7-2/h13,15,36,38,43-44,48H,6-12,14,16-35,37,39-42H2,1-5H3,(H-,46,49,50,51)/p+1/b15-13-,38-36+. The van der Waals surface area contributed by atoms with Crippen molar-refractivity contribution in [1.82, 2.24) is 5.32 Å². The maximum absolute atomic E-state index is 12.8. The van der Waals surface area contributed by atoms with Crippen molar-refractivity contribution in [2.24, 2.45) is 0 Å². The predicted molar refractivity (Wildman–Crippen MR) is 231 cm³/mol. The molecule has 0 heterocycles. The fourth-order valence-electron chi connectivity index (χ4n) is 6.49. The van der Waals surface area contributed by atoms with Gasteiger partial charge in [0.25, 0.3) is 0 Å². The largest absolute Gasteiger partial charge is 0.472 e. The Morgan fingerprint density at radius 1 is 0.611 bits per heavy atom. The van der Waals surface area contributed by atoms with Crippen LogP contribution in [0.1, 0.15) is 206 Å². The first kappa shape index (κ1) is 53.0. The quantitative estimate of drug-likeness (QED) is 0.0247. The lowest BCUT2D eigenvalue weighted by Crippen LogP contribution is -2.45. The maximum Gasteiger partial charge on any atom is 0.472 e. The third-order valence-corrected chi connectivity index (χ3v) is 11.1. The summed E-state index contributed by atoms with van der Waals surface area (Å²) >= 11 is 0. The average Bonchev–Trinajstić information content (AvgIpc) is 3.12. The van der Waals surface area contributed by atoms with Gasteiger partial charge in [0.1, 0.15) is 13.2 Å². The SMILES string of the molecule is CCCC/C=C\CCCCCCC(=O)NC(COP(=O)(O)OCC[N+](C)(C)C)C(O)/C=C/CCCCCCCCCCCCCCCCCCCCCC. The number of rotatable bonds is 41. The van der Waals surface area contributed by atoms with Crippen LogP contribution in [0.25, 0.3) is 0 Å². The van der Waals surface area contributed by atoms with E-state index in [1.165, 1.54) is 128 Å². The number of carbonyl (C=O) groups is 1. The van der Waals surface area contributed by atoms with Gasteiger partial charge in [0.15, 0.2) is 0 Å². The molecule has 0 aliphatic carbocycles. The molecule has 0 rings (SSSR count). The molecule has 0 fully saturated rings. The van der Waals surface area contributed by atoms with Crippen molar-refractivity contribution < 1.29 is 32.9 Å². The molecule has 3 atom stereocenters. The van der Waals surface area contributed by atoms with Crippen LogP contribution in [0.5, 0.6) is 0 Å². The molecule has 0 radical (unpaired) electrons. The van der Waals surface area contributed by atoms with Crippen LogP contribution in [0.15, 0.2) is 24.3 Å². The van der Waals surface area contributed by atoms with Crippen molar-refractivity contribution in [2.45, 2.75) is 219 Å². The van der Waals surface area contributed by atoms with E-state index >= 15 is 0 Å². The highest BCUT2D eigenvalue weighted by atomic mass is 31.2. The molecule has 0 aromatic carbocycles. The average molecular weight is 786 g/mol. The number of allylic oxidation sites excluding steroid dienone is 3. The van der Waals surface area contributed by atoms with E-state index in [0.717, 1.165) is 57.8 Å². The maximum atomic E-state index is 12.8. The Morgan fingerprint density at radius 2 is 1.02 bits per heavy atom. The summed E-state index contributed by atoms with van der Waals surface area (Å²) in [5, 5.41) is 13.8. The minimum atomic E-state index is -4.33. The molecule has 0 aromatic rings. The number of aliphatic hydroxyl groups excluding tert-OH is 1. The summed E-state index contributed by atoms with van der Waals surface area (Å²) in [6.07, 6.45) is 44.0. The number of nitrogens with zero attached hydrogens (tertiary/aromatic N) is 1. The van der Waals surface area contributed by atoms with Crippen LogP contribution in [0.4, 0.5) is 0 Å². The van der Waals surface area contributed by atoms with Crippen molar-refractivity contribution in [2.75, 3.05) is 40.9 Å². The Kier molecular flexibility index (Phi) is 36.8.